The van der Waals surface area contributed by atoms with E-state index in [0.717, 1.165) is 19.4 Å². The summed E-state index contributed by atoms with van der Waals surface area (Å²) in [4.78, 5) is 13.3. The summed E-state index contributed by atoms with van der Waals surface area (Å²) in [5.41, 5.74) is 0. The van der Waals surface area contributed by atoms with Crippen molar-refractivity contribution in [2.45, 2.75) is 12.8 Å². The molecule has 0 fully saturated rings. The summed E-state index contributed by atoms with van der Waals surface area (Å²) in [5, 5.41) is 0. The van der Waals surface area contributed by atoms with Crippen molar-refractivity contribution in [2.24, 2.45) is 5.92 Å². The van der Waals surface area contributed by atoms with Crippen LogP contribution in [0.15, 0.2) is 12.2 Å². The maximum atomic E-state index is 11.3. The van der Waals surface area contributed by atoms with Crippen molar-refractivity contribution in [3.05, 3.63) is 12.2 Å². The minimum Gasteiger partial charge on any atom is -0.464 e. The number of rotatable bonds is 4. The van der Waals surface area contributed by atoms with Gasteiger partial charge in [-0.1, -0.05) is 12.2 Å². The van der Waals surface area contributed by atoms with Gasteiger partial charge < -0.3 is 9.64 Å². The first kappa shape index (κ1) is 10.3. The first-order chi connectivity index (χ1) is 6.20. The molecule has 0 aromatic heterocycles. The van der Waals surface area contributed by atoms with Crippen LogP contribution in [0.5, 0.6) is 0 Å². The first-order valence-corrected chi connectivity index (χ1v) is 4.66. The summed E-state index contributed by atoms with van der Waals surface area (Å²) in [7, 11) is 3.93. The summed E-state index contributed by atoms with van der Waals surface area (Å²) in [5.74, 6) is 0.0361. The van der Waals surface area contributed by atoms with Gasteiger partial charge in [-0.15, -0.1) is 0 Å². The predicted molar refractivity (Wildman–Crippen MR) is 51.4 cm³/mol. The molecule has 0 radical (unpaired) electrons. The number of likely N-dealkylation sites (N-methyl/N-ethyl adjacent to an activating group) is 1. The molecule has 1 rings (SSSR count). The molecular formula is C10H17NO2. The van der Waals surface area contributed by atoms with Crippen molar-refractivity contribution < 1.29 is 9.53 Å². The van der Waals surface area contributed by atoms with E-state index >= 15 is 0 Å². The minimum atomic E-state index is -0.0492. The standard InChI is InChI=1S/C10H17NO2/c1-11(2)7-8-13-10(12)9-5-3-4-6-9/h3-4,9H,5-8H2,1-2H3. The Morgan fingerprint density at radius 2 is 2.08 bits per heavy atom. The van der Waals surface area contributed by atoms with Crippen LogP contribution in [-0.2, 0) is 9.53 Å². The Hall–Kier alpha value is -0.830. The average Bonchev–Trinajstić information content (AvgIpc) is 2.55. The Bertz CT molecular complexity index is 191. The Balaban J connectivity index is 2.11. The van der Waals surface area contributed by atoms with E-state index in [1.165, 1.54) is 0 Å². The number of carbonyl (C=O) groups excluding carboxylic acids is 1. The third-order valence-corrected chi connectivity index (χ3v) is 2.12. The van der Waals surface area contributed by atoms with Crippen LogP contribution in [0.25, 0.3) is 0 Å². The minimum absolute atomic E-state index is 0.0492. The van der Waals surface area contributed by atoms with Crippen LogP contribution in [0, 0.1) is 5.92 Å². The zero-order chi connectivity index (χ0) is 9.68. The van der Waals surface area contributed by atoms with Crippen molar-refractivity contribution >= 4 is 5.97 Å². The van der Waals surface area contributed by atoms with Crippen molar-refractivity contribution in [1.82, 2.24) is 4.90 Å². The van der Waals surface area contributed by atoms with Gasteiger partial charge in [0.1, 0.15) is 6.61 Å². The van der Waals surface area contributed by atoms with Gasteiger partial charge in [-0.2, -0.15) is 0 Å². The fourth-order valence-electron chi connectivity index (χ4n) is 1.26. The van der Waals surface area contributed by atoms with Gasteiger partial charge in [0.15, 0.2) is 0 Å². The SMILES string of the molecule is CN(C)CCOC(=O)C1CC=CC1. The van der Waals surface area contributed by atoms with Crippen LogP contribution >= 0.6 is 0 Å². The highest BCUT2D eigenvalue weighted by molar-refractivity contribution is 5.73. The van der Waals surface area contributed by atoms with Gasteiger partial charge >= 0.3 is 5.97 Å². The molecule has 0 amide bonds. The van der Waals surface area contributed by atoms with Gasteiger partial charge in [-0.3, -0.25) is 4.79 Å². The number of hydrogen-bond donors (Lipinski definition) is 0. The van der Waals surface area contributed by atoms with Gasteiger partial charge in [-0.05, 0) is 26.9 Å². The molecule has 3 heteroatoms. The number of nitrogens with zero attached hydrogens (tertiary/aromatic N) is 1. The van der Waals surface area contributed by atoms with Gasteiger partial charge in [0.05, 0.1) is 5.92 Å². The highest BCUT2D eigenvalue weighted by Gasteiger charge is 2.20. The molecule has 1 aliphatic carbocycles. The molecule has 0 aliphatic heterocycles. The lowest BCUT2D eigenvalue weighted by Gasteiger charge is -2.12. The fraction of sp³-hybridized carbons (Fsp3) is 0.700. The summed E-state index contributed by atoms with van der Waals surface area (Å²) in [6, 6.07) is 0. The molecular weight excluding hydrogens is 166 g/mol. The molecule has 74 valence electrons. The molecule has 0 N–H and O–H groups in total. The third-order valence-electron chi connectivity index (χ3n) is 2.12. The normalized spacial score (nSPS) is 16.8. The molecule has 0 heterocycles. The second kappa shape index (κ2) is 5.02. The van der Waals surface area contributed by atoms with Gasteiger partial charge in [0.25, 0.3) is 0 Å². The summed E-state index contributed by atoms with van der Waals surface area (Å²) >= 11 is 0. The summed E-state index contributed by atoms with van der Waals surface area (Å²) in [6.07, 6.45) is 5.78. The van der Waals surface area contributed by atoms with Gasteiger partial charge in [-0.25, -0.2) is 0 Å². The van der Waals surface area contributed by atoms with Crippen molar-refractivity contribution in [3.63, 3.8) is 0 Å². The van der Waals surface area contributed by atoms with Gasteiger partial charge in [0, 0.05) is 6.54 Å². The number of carbonyl (C=O) groups is 1. The van der Waals surface area contributed by atoms with Gasteiger partial charge in [0.2, 0.25) is 0 Å². The number of hydrogen-bond acceptors (Lipinski definition) is 3. The van der Waals surface area contributed by atoms with Crippen LogP contribution in [0.1, 0.15) is 12.8 Å². The van der Waals surface area contributed by atoms with Crippen LogP contribution < -0.4 is 0 Å². The van der Waals surface area contributed by atoms with Crippen molar-refractivity contribution in [3.8, 4) is 0 Å². The lowest BCUT2D eigenvalue weighted by atomic mass is 10.1. The van der Waals surface area contributed by atoms with E-state index < -0.39 is 0 Å². The van der Waals surface area contributed by atoms with Crippen LogP contribution in [0.3, 0.4) is 0 Å². The average molecular weight is 183 g/mol. The van der Waals surface area contributed by atoms with E-state index in [1.54, 1.807) is 0 Å². The highest BCUT2D eigenvalue weighted by atomic mass is 16.5. The van der Waals surface area contributed by atoms with E-state index in [4.69, 9.17) is 4.74 Å². The van der Waals surface area contributed by atoms with E-state index in [2.05, 4.69) is 0 Å². The molecule has 3 nitrogen and oxygen atoms in total. The van der Waals surface area contributed by atoms with Crippen LogP contribution in [0.2, 0.25) is 0 Å². The van der Waals surface area contributed by atoms with Crippen molar-refractivity contribution in [2.75, 3.05) is 27.2 Å². The van der Waals surface area contributed by atoms with Crippen molar-refractivity contribution in [1.29, 1.82) is 0 Å². The molecule has 0 bridgehead atoms. The molecule has 13 heavy (non-hydrogen) atoms. The Morgan fingerprint density at radius 1 is 1.46 bits per heavy atom. The largest absolute Gasteiger partial charge is 0.464 e. The molecule has 0 spiro atoms. The molecule has 0 aromatic rings. The smallest absolute Gasteiger partial charge is 0.309 e. The quantitative estimate of drug-likeness (QED) is 0.482. The van der Waals surface area contributed by atoms with E-state index in [9.17, 15) is 4.79 Å². The molecule has 0 atom stereocenters. The second-order valence-electron chi connectivity index (χ2n) is 3.61. The second-order valence-corrected chi connectivity index (χ2v) is 3.61. The Labute approximate surface area is 79.4 Å². The lowest BCUT2D eigenvalue weighted by molar-refractivity contribution is -0.148. The maximum Gasteiger partial charge on any atom is 0.309 e. The van der Waals surface area contributed by atoms with Crippen LogP contribution in [0.4, 0.5) is 0 Å². The monoisotopic (exact) mass is 183 g/mol. The first-order valence-electron chi connectivity index (χ1n) is 4.66. The molecule has 1 aliphatic rings. The van der Waals surface area contributed by atoms with E-state index in [0.29, 0.717) is 6.61 Å². The number of allylic oxidation sites excluding steroid dienone is 2. The Morgan fingerprint density at radius 3 is 2.62 bits per heavy atom. The maximum absolute atomic E-state index is 11.3. The van der Waals surface area contributed by atoms with E-state index in [1.807, 2.05) is 31.1 Å². The van der Waals surface area contributed by atoms with E-state index in [-0.39, 0.29) is 11.9 Å². The zero-order valence-electron chi connectivity index (χ0n) is 8.32. The predicted octanol–water partition coefficient (Wildman–Crippen LogP) is 1.06. The fourth-order valence-corrected chi connectivity index (χ4v) is 1.26. The molecule has 0 saturated heterocycles. The molecule has 0 aromatic carbocycles. The summed E-state index contributed by atoms with van der Waals surface area (Å²) in [6.45, 7) is 1.30. The molecule has 0 saturated carbocycles. The number of ether oxygens (including phenoxy) is 1. The lowest BCUT2D eigenvalue weighted by Crippen LogP contribution is -2.22. The Kier molecular flexibility index (Phi) is 3.96. The summed E-state index contributed by atoms with van der Waals surface area (Å²) < 4.78 is 5.12. The zero-order valence-corrected chi connectivity index (χ0v) is 8.32. The highest BCUT2D eigenvalue weighted by Crippen LogP contribution is 2.18. The molecule has 0 unspecified atom stereocenters. The third kappa shape index (κ3) is 3.59. The topological polar surface area (TPSA) is 29.5 Å². The number of esters is 1. The van der Waals surface area contributed by atoms with Crippen LogP contribution in [-0.4, -0.2) is 38.1 Å².